The quantitative estimate of drug-likeness (QED) is 0.214. The first kappa shape index (κ1) is 27.4. The van der Waals surface area contributed by atoms with Gasteiger partial charge in [0.2, 0.25) is 6.29 Å². The van der Waals surface area contributed by atoms with Crippen molar-refractivity contribution < 1.29 is 59.1 Å². The lowest BCUT2D eigenvalue weighted by Crippen LogP contribution is -2.62. The molecule has 202 valence electrons. The van der Waals surface area contributed by atoms with Crippen LogP contribution < -0.4 is 4.74 Å². The topological polar surface area (TPSA) is 185 Å². The summed E-state index contributed by atoms with van der Waals surface area (Å²) in [6, 6.07) is 14.4. The van der Waals surface area contributed by atoms with Crippen molar-refractivity contribution in [1.29, 1.82) is 0 Å². The lowest BCUT2D eigenvalue weighted by atomic mass is 9.98. The molecule has 0 aromatic heterocycles. The number of hydrogen-bond donors (Lipinski definition) is 6. The fourth-order valence-electron chi connectivity index (χ4n) is 4.00. The van der Waals surface area contributed by atoms with Crippen LogP contribution in [0.2, 0.25) is 0 Å². The summed E-state index contributed by atoms with van der Waals surface area (Å²) in [5, 5.41) is 61.4. The van der Waals surface area contributed by atoms with Crippen molar-refractivity contribution >= 4 is 5.97 Å². The first-order valence-electron chi connectivity index (χ1n) is 11.6. The fourth-order valence-corrected chi connectivity index (χ4v) is 4.00. The van der Waals surface area contributed by atoms with Crippen LogP contribution in [0.3, 0.4) is 0 Å². The Kier molecular flexibility index (Phi) is 8.75. The third kappa shape index (κ3) is 6.09. The molecule has 12 heteroatoms. The summed E-state index contributed by atoms with van der Waals surface area (Å²) >= 11 is 0. The van der Waals surface area contributed by atoms with Gasteiger partial charge in [-0.1, -0.05) is 30.3 Å². The van der Waals surface area contributed by atoms with Crippen molar-refractivity contribution in [2.75, 3.05) is 19.8 Å². The molecule has 2 aromatic carbocycles. The van der Waals surface area contributed by atoms with Gasteiger partial charge in [-0.05, 0) is 29.8 Å². The Labute approximate surface area is 212 Å². The molecule has 37 heavy (non-hydrogen) atoms. The van der Waals surface area contributed by atoms with E-state index in [0.29, 0.717) is 5.56 Å². The van der Waals surface area contributed by atoms with Crippen molar-refractivity contribution in [3.8, 4) is 5.75 Å². The molecule has 8 atom stereocenters. The second-order valence-corrected chi connectivity index (χ2v) is 8.90. The molecule has 4 rings (SSSR count). The molecule has 2 aliphatic heterocycles. The normalized spacial score (nSPS) is 33.7. The van der Waals surface area contributed by atoms with Gasteiger partial charge in [-0.3, -0.25) is 0 Å². The zero-order chi connectivity index (χ0) is 26.6. The van der Waals surface area contributed by atoms with Gasteiger partial charge in [0.1, 0.15) is 36.8 Å². The lowest BCUT2D eigenvalue weighted by molar-refractivity contribution is -0.318. The summed E-state index contributed by atoms with van der Waals surface area (Å²) in [7, 11) is 0. The van der Waals surface area contributed by atoms with E-state index in [1.807, 2.05) is 0 Å². The van der Waals surface area contributed by atoms with Gasteiger partial charge in [0.05, 0.1) is 25.4 Å². The van der Waals surface area contributed by atoms with Crippen LogP contribution in [0, 0.1) is 0 Å². The van der Waals surface area contributed by atoms with Gasteiger partial charge in [-0.25, -0.2) is 4.79 Å². The Morgan fingerprint density at radius 1 is 0.973 bits per heavy atom. The molecule has 0 aliphatic carbocycles. The lowest BCUT2D eigenvalue weighted by Gasteiger charge is -2.42. The number of hydrogen-bond acceptors (Lipinski definition) is 12. The Morgan fingerprint density at radius 2 is 1.68 bits per heavy atom. The van der Waals surface area contributed by atoms with E-state index in [0.717, 1.165) is 0 Å². The Bertz CT molecular complexity index is 1020. The van der Waals surface area contributed by atoms with E-state index in [-0.39, 0.29) is 17.9 Å². The maximum Gasteiger partial charge on any atom is 0.338 e. The minimum Gasteiger partial charge on any atom is -0.462 e. The molecule has 8 unspecified atom stereocenters. The van der Waals surface area contributed by atoms with E-state index in [9.17, 15) is 35.4 Å². The monoisotopic (exact) mass is 522 g/mol. The van der Waals surface area contributed by atoms with Crippen LogP contribution in [0.25, 0.3) is 0 Å². The fraction of sp³-hybridized carbons (Fsp3) is 0.480. The predicted molar refractivity (Wildman–Crippen MR) is 123 cm³/mol. The number of esters is 1. The van der Waals surface area contributed by atoms with Crippen molar-refractivity contribution in [1.82, 2.24) is 0 Å². The predicted octanol–water partition coefficient (Wildman–Crippen LogP) is -1.31. The highest BCUT2D eigenvalue weighted by Gasteiger charge is 2.54. The Hall–Kier alpha value is -2.65. The number of rotatable bonds is 9. The SMILES string of the molecule is O=C(OCC1(O)COC(OC2C(Oc3ccc(CO)cc3)OC(CO)C(O)C2O)C1O)c1ccccc1. The van der Waals surface area contributed by atoms with Crippen LogP contribution in [-0.2, 0) is 25.6 Å². The van der Waals surface area contributed by atoms with Gasteiger partial charge in [0.15, 0.2) is 18.0 Å². The van der Waals surface area contributed by atoms with Gasteiger partial charge in [-0.15, -0.1) is 0 Å². The van der Waals surface area contributed by atoms with Crippen LogP contribution in [0.5, 0.6) is 5.75 Å². The number of carbonyl (C=O) groups excluding carboxylic acids is 1. The third-order valence-electron chi connectivity index (χ3n) is 6.24. The van der Waals surface area contributed by atoms with E-state index >= 15 is 0 Å². The maximum absolute atomic E-state index is 12.2. The largest absolute Gasteiger partial charge is 0.462 e. The molecular weight excluding hydrogens is 492 g/mol. The molecule has 0 spiro atoms. The first-order valence-corrected chi connectivity index (χ1v) is 11.6. The molecule has 0 amide bonds. The van der Waals surface area contributed by atoms with Crippen LogP contribution in [-0.4, -0.2) is 105 Å². The molecule has 2 fully saturated rings. The second-order valence-electron chi connectivity index (χ2n) is 8.90. The molecule has 0 saturated carbocycles. The molecule has 0 radical (unpaired) electrons. The summed E-state index contributed by atoms with van der Waals surface area (Å²) in [4.78, 5) is 12.2. The summed E-state index contributed by atoms with van der Waals surface area (Å²) < 4.78 is 27.6. The van der Waals surface area contributed by atoms with Gasteiger partial charge in [-0.2, -0.15) is 0 Å². The zero-order valence-corrected chi connectivity index (χ0v) is 19.7. The summed E-state index contributed by atoms with van der Waals surface area (Å²) in [5.74, 6) is -0.436. The Balaban J connectivity index is 1.44. The molecule has 2 saturated heterocycles. The molecule has 0 bridgehead atoms. The number of aliphatic hydroxyl groups excluding tert-OH is 5. The van der Waals surface area contributed by atoms with Gasteiger partial charge < -0.3 is 54.3 Å². The molecule has 12 nitrogen and oxygen atoms in total. The van der Waals surface area contributed by atoms with Gasteiger partial charge in [0.25, 0.3) is 0 Å². The molecule has 6 N–H and O–H groups in total. The minimum atomic E-state index is -2.02. The van der Waals surface area contributed by atoms with E-state index in [2.05, 4.69) is 0 Å². The van der Waals surface area contributed by atoms with Gasteiger partial charge >= 0.3 is 5.97 Å². The first-order chi connectivity index (χ1) is 17.8. The maximum atomic E-state index is 12.2. The van der Waals surface area contributed by atoms with Gasteiger partial charge in [0, 0.05) is 0 Å². The van der Waals surface area contributed by atoms with E-state index in [1.54, 1.807) is 30.3 Å². The van der Waals surface area contributed by atoms with Crippen LogP contribution >= 0.6 is 0 Å². The van der Waals surface area contributed by atoms with Crippen molar-refractivity contribution in [2.24, 2.45) is 0 Å². The molecule has 2 heterocycles. The number of ether oxygens (including phenoxy) is 5. The van der Waals surface area contributed by atoms with Crippen LogP contribution in [0.1, 0.15) is 15.9 Å². The van der Waals surface area contributed by atoms with Crippen molar-refractivity contribution in [3.05, 3.63) is 65.7 Å². The molecule has 2 aliphatic rings. The van der Waals surface area contributed by atoms with Crippen molar-refractivity contribution in [3.63, 3.8) is 0 Å². The van der Waals surface area contributed by atoms with E-state index in [4.69, 9.17) is 23.7 Å². The van der Waals surface area contributed by atoms with Crippen molar-refractivity contribution in [2.45, 2.75) is 55.3 Å². The zero-order valence-electron chi connectivity index (χ0n) is 19.7. The summed E-state index contributed by atoms with van der Waals surface area (Å²) in [5.41, 5.74) is -1.13. The second kappa shape index (κ2) is 11.8. The highest BCUT2D eigenvalue weighted by Crippen LogP contribution is 2.32. The number of benzene rings is 2. The minimum absolute atomic E-state index is 0.177. The smallest absolute Gasteiger partial charge is 0.338 e. The van der Waals surface area contributed by atoms with E-state index < -0.39 is 74.5 Å². The average Bonchev–Trinajstić information content (AvgIpc) is 3.21. The third-order valence-corrected chi connectivity index (χ3v) is 6.24. The van der Waals surface area contributed by atoms with Crippen LogP contribution in [0.4, 0.5) is 0 Å². The number of aliphatic hydroxyl groups is 6. The van der Waals surface area contributed by atoms with E-state index in [1.165, 1.54) is 24.3 Å². The summed E-state index contributed by atoms with van der Waals surface area (Å²) in [6.07, 6.45) is -10.4. The highest BCUT2D eigenvalue weighted by molar-refractivity contribution is 5.89. The number of carbonyl (C=O) groups is 1. The highest BCUT2D eigenvalue weighted by atomic mass is 16.8. The Morgan fingerprint density at radius 3 is 2.32 bits per heavy atom. The molecular formula is C25H30O12. The molecule has 2 aromatic rings. The standard InChI is InChI=1S/C25H30O12/c26-10-14-6-8-16(9-7-14)35-23-20(19(29)18(28)17(11-27)36-23)37-24-21(30)25(32,13-34-24)12-33-22(31)15-4-2-1-3-5-15/h1-9,17-21,23-24,26-30,32H,10-13H2. The summed E-state index contributed by atoms with van der Waals surface area (Å²) in [6.45, 7) is -1.86. The van der Waals surface area contributed by atoms with Crippen LogP contribution in [0.15, 0.2) is 54.6 Å². The average molecular weight is 523 g/mol.